The molecule has 0 unspecified atom stereocenters. The van der Waals surface area contributed by atoms with E-state index in [2.05, 4.69) is 17.2 Å². The van der Waals surface area contributed by atoms with Crippen LogP contribution in [-0.4, -0.2) is 46.0 Å². The van der Waals surface area contributed by atoms with Crippen LogP contribution in [0.25, 0.3) is 0 Å². The molecule has 0 radical (unpaired) electrons. The van der Waals surface area contributed by atoms with Crippen LogP contribution in [0.5, 0.6) is 0 Å². The van der Waals surface area contributed by atoms with Crippen molar-refractivity contribution in [1.82, 2.24) is 19.8 Å². The van der Waals surface area contributed by atoms with Crippen molar-refractivity contribution in [2.24, 2.45) is 7.05 Å². The summed E-state index contributed by atoms with van der Waals surface area (Å²) in [5.74, 6) is 0.0758. The lowest BCUT2D eigenvalue weighted by Gasteiger charge is -2.34. The van der Waals surface area contributed by atoms with Gasteiger partial charge in [0.2, 0.25) is 0 Å². The lowest BCUT2D eigenvalue weighted by Crippen LogP contribution is -2.43. The first-order valence-corrected chi connectivity index (χ1v) is 7.10. The Kier molecular flexibility index (Phi) is 4.58. The molecule has 19 heavy (non-hydrogen) atoms. The Balaban J connectivity index is 1.92. The number of amides is 1. The normalized spacial score (nSPS) is 23.3. The second-order valence-corrected chi connectivity index (χ2v) is 5.37. The smallest absolute Gasteiger partial charge is 0.272 e. The molecule has 0 aliphatic heterocycles. The summed E-state index contributed by atoms with van der Waals surface area (Å²) in [4.78, 5) is 18.3. The first-order valence-electron chi connectivity index (χ1n) is 7.10. The molecule has 0 bridgehead atoms. The van der Waals surface area contributed by atoms with E-state index in [0.29, 0.717) is 17.8 Å². The monoisotopic (exact) mass is 264 g/mol. The van der Waals surface area contributed by atoms with E-state index in [1.165, 1.54) is 0 Å². The van der Waals surface area contributed by atoms with Crippen LogP contribution >= 0.6 is 0 Å². The van der Waals surface area contributed by atoms with Gasteiger partial charge in [-0.3, -0.25) is 4.79 Å². The molecule has 1 saturated carbocycles. The van der Waals surface area contributed by atoms with Gasteiger partial charge >= 0.3 is 0 Å². The second-order valence-electron chi connectivity index (χ2n) is 5.37. The quantitative estimate of drug-likeness (QED) is 0.894. The van der Waals surface area contributed by atoms with Crippen LogP contribution in [0.15, 0.2) is 12.5 Å². The van der Waals surface area contributed by atoms with Crippen LogP contribution < -0.4 is 5.32 Å². The molecule has 1 aliphatic rings. The van der Waals surface area contributed by atoms with Crippen molar-refractivity contribution < 1.29 is 4.79 Å². The number of hydrogen-bond acceptors (Lipinski definition) is 3. The molecule has 106 valence electrons. The number of nitrogens with one attached hydrogen (secondary N) is 1. The maximum Gasteiger partial charge on any atom is 0.272 e. The van der Waals surface area contributed by atoms with Crippen molar-refractivity contribution in [3.63, 3.8) is 0 Å². The van der Waals surface area contributed by atoms with Crippen molar-refractivity contribution in [2.45, 2.75) is 44.7 Å². The van der Waals surface area contributed by atoms with E-state index in [0.717, 1.165) is 32.2 Å². The number of carbonyl (C=O) groups is 1. The maximum atomic E-state index is 12.4. The van der Waals surface area contributed by atoms with E-state index in [9.17, 15) is 4.79 Å². The van der Waals surface area contributed by atoms with Crippen LogP contribution in [-0.2, 0) is 7.05 Å². The highest BCUT2D eigenvalue weighted by atomic mass is 16.2. The van der Waals surface area contributed by atoms with Crippen molar-refractivity contribution in [1.29, 1.82) is 0 Å². The number of carbonyl (C=O) groups excluding carboxylic acids is 1. The van der Waals surface area contributed by atoms with Crippen molar-refractivity contribution >= 4 is 5.91 Å². The van der Waals surface area contributed by atoms with Gasteiger partial charge in [0, 0.05) is 26.2 Å². The van der Waals surface area contributed by atoms with Crippen molar-refractivity contribution in [2.75, 3.05) is 13.6 Å². The van der Waals surface area contributed by atoms with Gasteiger partial charge in [0.05, 0.1) is 12.5 Å². The van der Waals surface area contributed by atoms with E-state index in [-0.39, 0.29) is 5.91 Å². The minimum Gasteiger partial charge on any atom is -0.337 e. The average Bonchev–Trinajstić information content (AvgIpc) is 2.84. The van der Waals surface area contributed by atoms with Gasteiger partial charge in [-0.25, -0.2) is 4.98 Å². The zero-order valence-electron chi connectivity index (χ0n) is 12.1. The summed E-state index contributed by atoms with van der Waals surface area (Å²) in [7, 11) is 3.77. The first-order chi connectivity index (χ1) is 9.13. The molecule has 0 saturated heterocycles. The molecule has 0 aromatic carbocycles. The van der Waals surface area contributed by atoms with E-state index >= 15 is 0 Å². The standard InChI is InChI=1S/C14H24N4O/c1-4-16-11-5-7-12(8-6-11)18(3)14(19)13-9-15-10-17(13)2/h9-12,16H,4-8H2,1-3H3. The second kappa shape index (κ2) is 6.19. The number of imidazole rings is 1. The molecular formula is C14H24N4O. The Hall–Kier alpha value is -1.36. The molecule has 5 nitrogen and oxygen atoms in total. The number of hydrogen-bond donors (Lipinski definition) is 1. The molecule has 1 amide bonds. The van der Waals surface area contributed by atoms with E-state index in [1.54, 1.807) is 17.1 Å². The fraction of sp³-hybridized carbons (Fsp3) is 0.714. The third-order valence-corrected chi connectivity index (χ3v) is 4.09. The zero-order valence-corrected chi connectivity index (χ0v) is 12.1. The average molecular weight is 264 g/mol. The van der Waals surface area contributed by atoms with Gasteiger partial charge in [0.1, 0.15) is 5.69 Å². The summed E-state index contributed by atoms with van der Waals surface area (Å²) in [6.07, 6.45) is 7.78. The predicted molar refractivity (Wildman–Crippen MR) is 75.0 cm³/mol. The molecule has 1 heterocycles. The van der Waals surface area contributed by atoms with Gasteiger partial charge in [-0.15, -0.1) is 0 Å². The Morgan fingerprint density at radius 3 is 2.68 bits per heavy atom. The summed E-state index contributed by atoms with van der Waals surface area (Å²) in [5.41, 5.74) is 0.663. The predicted octanol–water partition coefficient (Wildman–Crippen LogP) is 1.41. The zero-order chi connectivity index (χ0) is 13.8. The number of aromatic nitrogens is 2. The maximum absolute atomic E-state index is 12.4. The minimum atomic E-state index is 0.0758. The number of aryl methyl sites for hydroxylation is 1. The molecule has 0 atom stereocenters. The molecule has 1 aromatic rings. The van der Waals surface area contributed by atoms with Crippen LogP contribution in [0.1, 0.15) is 43.1 Å². The molecule has 1 aliphatic carbocycles. The van der Waals surface area contributed by atoms with Gasteiger partial charge < -0.3 is 14.8 Å². The summed E-state index contributed by atoms with van der Waals surface area (Å²) >= 11 is 0. The Morgan fingerprint density at radius 1 is 1.47 bits per heavy atom. The molecule has 1 aromatic heterocycles. The fourth-order valence-electron chi connectivity index (χ4n) is 2.87. The Bertz CT molecular complexity index is 421. The van der Waals surface area contributed by atoms with Crippen LogP contribution in [0, 0.1) is 0 Å². The molecule has 1 fully saturated rings. The summed E-state index contributed by atoms with van der Waals surface area (Å²) in [6.45, 7) is 3.17. The van der Waals surface area contributed by atoms with E-state index in [1.807, 2.05) is 19.0 Å². The molecule has 0 spiro atoms. The van der Waals surface area contributed by atoms with Gasteiger partial charge in [-0.2, -0.15) is 0 Å². The SMILES string of the molecule is CCNC1CCC(N(C)C(=O)c2cncn2C)CC1. The largest absolute Gasteiger partial charge is 0.337 e. The van der Waals surface area contributed by atoms with Crippen molar-refractivity contribution in [3.05, 3.63) is 18.2 Å². The molecular weight excluding hydrogens is 240 g/mol. The Labute approximate surface area is 115 Å². The van der Waals surface area contributed by atoms with Crippen LogP contribution in [0.3, 0.4) is 0 Å². The summed E-state index contributed by atoms with van der Waals surface area (Å²) < 4.78 is 1.78. The minimum absolute atomic E-state index is 0.0758. The highest BCUT2D eigenvalue weighted by Gasteiger charge is 2.27. The highest BCUT2D eigenvalue weighted by molar-refractivity contribution is 5.92. The molecule has 2 rings (SSSR count). The third-order valence-electron chi connectivity index (χ3n) is 4.09. The van der Waals surface area contributed by atoms with Gasteiger partial charge in [0.25, 0.3) is 5.91 Å². The number of nitrogens with zero attached hydrogens (tertiary/aromatic N) is 3. The first kappa shape index (κ1) is 14.1. The Morgan fingerprint density at radius 2 is 2.16 bits per heavy atom. The molecule has 1 N–H and O–H groups in total. The topological polar surface area (TPSA) is 50.2 Å². The molecule has 5 heteroatoms. The van der Waals surface area contributed by atoms with Gasteiger partial charge in [-0.05, 0) is 32.2 Å². The van der Waals surface area contributed by atoms with Crippen molar-refractivity contribution in [3.8, 4) is 0 Å². The highest BCUT2D eigenvalue weighted by Crippen LogP contribution is 2.23. The lowest BCUT2D eigenvalue weighted by atomic mass is 9.90. The van der Waals surface area contributed by atoms with Gasteiger partial charge in [0.15, 0.2) is 0 Å². The van der Waals surface area contributed by atoms with Crippen LogP contribution in [0.4, 0.5) is 0 Å². The lowest BCUT2D eigenvalue weighted by molar-refractivity contribution is 0.0675. The summed E-state index contributed by atoms with van der Waals surface area (Å²) in [6, 6.07) is 0.985. The van der Waals surface area contributed by atoms with Crippen LogP contribution in [0.2, 0.25) is 0 Å². The third kappa shape index (κ3) is 3.15. The number of rotatable bonds is 4. The summed E-state index contributed by atoms with van der Waals surface area (Å²) in [5, 5.41) is 3.49. The fourth-order valence-corrected chi connectivity index (χ4v) is 2.87. The van der Waals surface area contributed by atoms with E-state index < -0.39 is 0 Å². The van der Waals surface area contributed by atoms with E-state index in [4.69, 9.17) is 0 Å². The van der Waals surface area contributed by atoms with Gasteiger partial charge in [-0.1, -0.05) is 6.92 Å².